The second kappa shape index (κ2) is 21.9. The summed E-state index contributed by atoms with van der Waals surface area (Å²) in [5.41, 5.74) is 2.56. The minimum absolute atomic E-state index is 0. The molecular weight excluding hydrogens is 352 g/mol. The quantitative estimate of drug-likeness (QED) is 0.416. The Morgan fingerprint density at radius 1 is 0.852 bits per heavy atom. The Kier molecular flexibility index (Phi) is 29.2. The van der Waals surface area contributed by atoms with Crippen molar-refractivity contribution in [3.8, 4) is 0 Å². The smallest absolute Gasteiger partial charge is 0.347 e. The molecule has 0 aromatic carbocycles. The number of hydrogen-bond acceptors (Lipinski definition) is 7. The van der Waals surface area contributed by atoms with E-state index in [-0.39, 0.29) is 21.0 Å². The van der Waals surface area contributed by atoms with Gasteiger partial charge in [-0.3, -0.25) is 0 Å². The van der Waals surface area contributed by atoms with Crippen LogP contribution in [0.15, 0.2) is 18.4 Å². The Labute approximate surface area is 165 Å². The number of hydrogen-bond donors (Lipinski definition) is 1. The molecule has 0 spiro atoms. The minimum Gasteiger partial charge on any atom is -0.460 e. The Morgan fingerprint density at radius 3 is 1.41 bits per heavy atom. The first-order chi connectivity index (χ1) is 11.6. The molecule has 0 aromatic rings. The second-order valence-electron chi connectivity index (χ2n) is 4.81. The van der Waals surface area contributed by atoms with E-state index in [0.717, 1.165) is 0 Å². The third kappa shape index (κ3) is 21.8. The van der Waals surface area contributed by atoms with Crippen molar-refractivity contribution in [2.24, 2.45) is 0 Å². The van der Waals surface area contributed by atoms with Gasteiger partial charge in [-0.05, 0) is 47.6 Å². The first-order valence-electron chi connectivity index (χ1n) is 8.16. The van der Waals surface area contributed by atoms with Crippen molar-refractivity contribution in [3.05, 3.63) is 18.4 Å². The van der Waals surface area contributed by atoms with Gasteiger partial charge in [-0.2, -0.15) is 0 Å². The van der Waals surface area contributed by atoms with Gasteiger partial charge >= 0.3 is 17.9 Å². The summed E-state index contributed by atoms with van der Waals surface area (Å²) in [5, 5.41) is 8.92. The third-order valence-electron chi connectivity index (χ3n) is 2.15. The van der Waals surface area contributed by atoms with Gasteiger partial charge in [0, 0.05) is 0 Å². The molecule has 0 aliphatic carbocycles. The van der Waals surface area contributed by atoms with E-state index in [2.05, 4.69) is 17.0 Å². The maximum atomic E-state index is 11.5. The summed E-state index contributed by atoms with van der Waals surface area (Å²) < 4.78 is 14.3. The van der Waals surface area contributed by atoms with Crippen LogP contribution in [0.25, 0.3) is 0 Å². The first kappa shape index (κ1) is 35.9. The van der Waals surface area contributed by atoms with Crippen molar-refractivity contribution in [1.29, 1.82) is 0 Å². The average molecular weight is 393 g/mol. The summed E-state index contributed by atoms with van der Waals surface area (Å²) in [4.78, 5) is 34.0. The van der Waals surface area contributed by atoms with Crippen LogP contribution >= 0.6 is 0 Å². The fourth-order valence-electron chi connectivity index (χ4n) is 0.967. The zero-order valence-corrected chi connectivity index (χ0v) is 16.5. The number of aliphatic hydroxyl groups excluding tert-OH is 1. The van der Waals surface area contributed by atoms with Crippen molar-refractivity contribution >= 4 is 17.9 Å². The lowest BCUT2D eigenvalue weighted by Gasteiger charge is -2.18. The number of ether oxygens (including phenoxy) is 3. The molecule has 3 unspecified atom stereocenters. The number of rotatable bonds is 6. The van der Waals surface area contributed by atoms with Gasteiger partial charge in [0.2, 0.25) is 0 Å². The highest BCUT2D eigenvalue weighted by Crippen LogP contribution is 2.04. The lowest BCUT2D eigenvalue weighted by atomic mass is 10.3. The van der Waals surface area contributed by atoms with E-state index in [1.165, 1.54) is 20.8 Å². The summed E-state index contributed by atoms with van der Waals surface area (Å²) in [6, 6.07) is 0. The predicted molar refractivity (Wildman–Crippen MR) is 108 cm³/mol. The molecule has 0 saturated heterocycles. The summed E-state index contributed by atoms with van der Waals surface area (Å²) in [6.07, 6.45) is -2.20. The van der Waals surface area contributed by atoms with E-state index in [0.29, 0.717) is 0 Å². The fourth-order valence-corrected chi connectivity index (χ4v) is 0.967. The minimum atomic E-state index is -1.33. The number of carbonyl (C=O) groups excluding carboxylic acids is 3. The van der Waals surface area contributed by atoms with Crippen LogP contribution in [0.4, 0.5) is 0 Å². The number of aliphatic hydroxyl groups is 1. The number of esters is 3. The van der Waals surface area contributed by atoms with Crippen LogP contribution in [0.3, 0.4) is 0 Å². The van der Waals surface area contributed by atoms with Crippen LogP contribution in [0, 0.1) is 0 Å². The summed E-state index contributed by atoms with van der Waals surface area (Å²) in [5.74, 6) is -2.51. The van der Waals surface area contributed by atoms with Crippen LogP contribution in [-0.4, -0.2) is 47.4 Å². The normalized spacial score (nSPS) is 11.6. The highest BCUT2D eigenvalue weighted by molar-refractivity contribution is 5.83. The molecule has 0 heterocycles. The molecule has 0 rings (SSSR count). The van der Waals surface area contributed by atoms with Crippen molar-refractivity contribution in [2.75, 3.05) is 0 Å². The highest BCUT2D eigenvalue weighted by atomic mass is 16.6. The van der Waals surface area contributed by atoms with Crippen molar-refractivity contribution in [3.63, 3.8) is 0 Å². The van der Waals surface area contributed by atoms with Crippen molar-refractivity contribution in [2.45, 2.75) is 94.7 Å². The van der Waals surface area contributed by atoms with E-state index in [1.807, 2.05) is 20.8 Å². The van der Waals surface area contributed by atoms with E-state index in [1.54, 1.807) is 19.9 Å². The molecule has 1 N–H and O–H groups in total. The van der Waals surface area contributed by atoms with Gasteiger partial charge in [0.25, 0.3) is 0 Å². The van der Waals surface area contributed by atoms with Crippen LogP contribution < -0.4 is 0 Å². The molecule has 0 amide bonds. The van der Waals surface area contributed by atoms with Gasteiger partial charge in [0.1, 0.15) is 6.10 Å². The van der Waals surface area contributed by atoms with Gasteiger partial charge in [-0.25, -0.2) is 14.4 Å². The summed E-state index contributed by atoms with van der Waals surface area (Å²) in [6.45, 7) is 16.4. The van der Waals surface area contributed by atoms with E-state index in [4.69, 9.17) is 14.6 Å². The molecule has 0 aromatic heterocycles. The van der Waals surface area contributed by atoms with Crippen LogP contribution in [0.1, 0.15) is 70.2 Å². The van der Waals surface area contributed by atoms with Gasteiger partial charge < -0.3 is 19.3 Å². The highest BCUT2D eigenvalue weighted by Gasteiger charge is 2.26. The van der Waals surface area contributed by atoms with Gasteiger partial charge in [0.05, 0.1) is 6.10 Å². The zero-order valence-electron chi connectivity index (χ0n) is 16.5. The van der Waals surface area contributed by atoms with Crippen LogP contribution in [0.5, 0.6) is 0 Å². The van der Waals surface area contributed by atoms with Gasteiger partial charge in [0.15, 0.2) is 12.2 Å². The molecule has 7 nitrogen and oxygen atoms in total. The molecule has 0 saturated carbocycles. The standard InChI is InChI=1S/C12H20O7.C4H6.C2H6.2CH4/c1-6(2)17-11(15)8(4)19-12(16)9(5)18-10(14)7(3)13;1-3-4-2;1-2;;/h6-9,13H,1-5H3;4H,1H2,2H3;1-2H3;2*1H4. The molecule has 27 heavy (non-hydrogen) atoms. The molecule has 3 atom stereocenters. The number of allylic oxidation sites excluding steroid dienone is 1. The van der Waals surface area contributed by atoms with E-state index < -0.39 is 36.2 Å². The van der Waals surface area contributed by atoms with Gasteiger partial charge in [-0.1, -0.05) is 35.3 Å². The lowest BCUT2D eigenvalue weighted by Crippen LogP contribution is -2.35. The predicted octanol–water partition coefficient (Wildman–Crippen LogP) is 3.83. The van der Waals surface area contributed by atoms with Crippen molar-refractivity contribution in [1.82, 2.24) is 0 Å². The van der Waals surface area contributed by atoms with Crippen molar-refractivity contribution < 1.29 is 33.7 Å². The SMILES string of the molecule is C.C.C=C=CC.CC.CC(C)OC(=O)C(C)OC(=O)C(C)OC(=O)C(C)O. The molecule has 162 valence electrons. The average Bonchev–Trinajstić information content (AvgIpc) is 2.55. The molecule has 0 aliphatic rings. The molecule has 0 radical (unpaired) electrons. The molecule has 0 fully saturated rings. The fraction of sp³-hybridized carbons (Fsp3) is 0.700. The van der Waals surface area contributed by atoms with Gasteiger partial charge in [-0.15, -0.1) is 5.73 Å². The Balaban J connectivity index is -0.000000177. The Morgan fingerprint density at radius 2 is 1.15 bits per heavy atom. The number of carbonyl (C=O) groups is 3. The second-order valence-corrected chi connectivity index (χ2v) is 4.81. The Hall–Kier alpha value is -2.11. The maximum Gasteiger partial charge on any atom is 0.347 e. The van der Waals surface area contributed by atoms with Crippen LogP contribution in [-0.2, 0) is 28.6 Å². The van der Waals surface area contributed by atoms with Crippen LogP contribution in [0.2, 0.25) is 0 Å². The summed E-state index contributed by atoms with van der Waals surface area (Å²) in [7, 11) is 0. The molecule has 7 heteroatoms. The summed E-state index contributed by atoms with van der Waals surface area (Å²) >= 11 is 0. The third-order valence-corrected chi connectivity index (χ3v) is 2.15. The Bertz CT molecular complexity index is 436. The largest absolute Gasteiger partial charge is 0.460 e. The van der Waals surface area contributed by atoms with E-state index in [9.17, 15) is 14.4 Å². The lowest BCUT2D eigenvalue weighted by molar-refractivity contribution is -0.180. The first-order valence-corrected chi connectivity index (χ1v) is 8.16. The zero-order chi connectivity index (χ0) is 20.6. The molecule has 0 bridgehead atoms. The molecular formula is C20H40O7. The monoisotopic (exact) mass is 392 g/mol. The van der Waals surface area contributed by atoms with E-state index >= 15 is 0 Å². The maximum absolute atomic E-state index is 11.5. The molecule has 0 aliphatic heterocycles. The topological polar surface area (TPSA) is 99.1 Å².